The highest BCUT2D eigenvalue weighted by Gasteiger charge is 2.11. The predicted molar refractivity (Wildman–Crippen MR) is 109 cm³/mol. The van der Waals surface area contributed by atoms with Crippen LogP contribution in [0, 0.1) is 18.8 Å². The molecule has 0 bridgehead atoms. The maximum absolute atomic E-state index is 12.0. The summed E-state index contributed by atoms with van der Waals surface area (Å²) in [5.41, 5.74) is 3.05. The van der Waals surface area contributed by atoms with Crippen LogP contribution in [-0.4, -0.2) is 47.3 Å². The number of nitrogens with one attached hydrogen (secondary N) is 1. The molecule has 0 atom stereocenters. The Balaban J connectivity index is 1.62. The third kappa shape index (κ3) is 4.29. The third-order valence-corrected chi connectivity index (χ3v) is 4.72. The van der Waals surface area contributed by atoms with E-state index in [9.17, 15) is 9.32 Å². The highest BCUT2D eigenvalue weighted by atomic mass is 19.3. The number of aromatic nitrogens is 3. The molecule has 3 aromatic heterocycles. The van der Waals surface area contributed by atoms with Gasteiger partial charge in [0.1, 0.15) is 11.5 Å². The molecule has 8 nitrogen and oxygen atoms in total. The number of anilines is 2. The van der Waals surface area contributed by atoms with Crippen LogP contribution in [0.5, 0.6) is 0 Å². The van der Waals surface area contributed by atoms with Crippen molar-refractivity contribution >= 4 is 28.4 Å². The quantitative estimate of drug-likeness (QED) is 0.653. The fourth-order valence-electron chi connectivity index (χ4n) is 3.16. The first-order valence-electron chi connectivity index (χ1n) is 9.30. The molecular weight excluding hydrogens is 389 g/mol. The minimum atomic E-state index is -1.25. The van der Waals surface area contributed by atoms with Crippen LogP contribution in [0.3, 0.4) is 0 Å². The van der Waals surface area contributed by atoms with Crippen LogP contribution in [0.25, 0.3) is 10.8 Å². The molecule has 1 N–H and O–H groups in total. The van der Waals surface area contributed by atoms with Crippen molar-refractivity contribution in [3.63, 3.8) is 0 Å². The summed E-state index contributed by atoms with van der Waals surface area (Å²) in [6, 6.07) is 5.45. The Morgan fingerprint density at radius 2 is 1.97 bits per heavy atom. The second-order valence-corrected chi connectivity index (χ2v) is 6.61. The van der Waals surface area contributed by atoms with Gasteiger partial charge in [0.25, 0.3) is 0 Å². The Morgan fingerprint density at radius 1 is 1.13 bits per heavy atom. The fraction of sp³-hybridized carbons (Fsp3) is 0.238. The van der Waals surface area contributed by atoms with E-state index in [1.165, 1.54) is 0 Å². The number of nitrogens with zero attached hydrogens (tertiary/aromatic N) is 4. The molecule has 9 heteroatoms. The Labute approximate surface area is 172 Å². The van der Waals surface area contributed by atoms with Gasteiger partial charge in [-0.05, 0) is 31.0 Å². The molecule has 1 aliphatic heterocycles. The van der Waals surface area contributed by atoms with E-state index < -0.39 is 6.09 Å². The van der Waals surface area contributed by atoms with E-state index in [2.05, 4.69) is 42.0 Å². The lowest BCUT2D eigenvalue weighted by Crippen LogP contribution is -2.36. The van der Waals surface area contributed by atoms with Crippen LogP contribution in [0.4, 0.5) is 20.8 Å². The first-order chi connectivity index (χ1) is 14.6. The number of morpholine rings is 1. The van der Waals surface area contributed by atoms with Gasteiger partial charge in [-0.15, -0.1) is 0 Å². The number of halogens is 1. The maximum atomic E-state index is 12.0. The zero-order valence-corrected chi connectivity index (χ0v) is 16.2. The van der Waals surface area contributed by atoms with Gasteiger partial charge < -0.3 is 9.64 Å². The predicted octanol–water partition coefficient (Wildman–Crippen LogP) is 3.00. The summed E-state index contributed by atoms with van der Waals surface area (Å²) in [6.45, 7) is 4.95. The molecule has 1 aliphatic rings. The van der Waals surface area contributed by atoms with Gasteiger partial charge in [0, 0.05) is 46.5 Å². The highest BCUT2D eigenvalue weighted by molar-refractivity contribution is 5.93. The Hall–Kier alpha value is -3.77. The van der Waals surface area contributed by atoms with Crippen LogP contribution < -0.4 is 10.2 Å². The minimum Gasteiger partial charge on any atom is -0.378 e. The lowest BCUT2D eigenvalue weighted by molar-refractivity contribution is -0.0544. The summed E-state index contributed by atoms with van der Waals surface area (Å²) < 4.78 is 17.4. The van der Waals surface area contributed by atoms with E-state index in [0.29, 0.717) is 24.5 Å². The number of amides is 1. The van der Waals surface area contributed by atoms with Crippen LogP contribution in [0.2, 0.25) is 0 Å². The van der Waals surface area contributed by atoms with Crippen molar-refractivity contribution in [1.82, 2.24) is 15.0 Å². The molecule has 0 aliphatic carbocycles. The minimum absolute atomic E-state index is 0.145. The monoisotopic (exact) mass is 407 g/mol. The molecule has 0 unspecified atom stereocenters. The second-order valence-electron chi connectivity index (χ2n) is 6.61. The number of fused-ring (bicyclic) bond motifs is 1. The lowest BCUT2D eigenvalue weighted by Gasteiger charge is -2.28. The lowest BCUT2D eigenvalue weighted by atomic mass is 10.1. The molecule has 3 aromatic rings. The number of pyridine rings is 3. The standard InChI is InChI=1S/C21H18FN5O3/c1-14-19-13-25-20(26-21(28)30-22)10-18(19)15(11-23-14)2-3-16-4-5-17(12-24-16)27-6-8-29-9-7-27/h4-5,10-13H,6-9H2,1H3,(H,25,26,28). The smallest absolute Gasteiger partial charge is 0.378 e. The molecule has 4 heterocycles. The van der Waals surface area contributed by atoms with E-state index in [0.717, 1.165) is 35.2 Å². The number of carbonyl (C=O) groups excluding carboxylic acids is 1. The van der Waals surface area contributed by atoms with Crippen molar-refractivity contribution in [2.24, 2.45) is 0 Å². The van der Waals surface area contributed by atoms with Crippen molar-refractivity contribution in [1.29, 1.82) is 0 Å². The molecule has 1 fully saturated rings. The van der Waals surface area contributed by atoms with Gasteiger partial charge in [-0.3, -0.25) is 10.3 Å². The molecule has 4 rings (SSSR count). The van der Waals surface area contributed by atoms with Gasteiger partial charge in [-0.1, -0.05) is 5.92 Å². The number of aryl methyl sites for hydroxylation is 1. The van der Waals surface area contributed by atoms with Crippen LogP contribution in [-0.2, 0) is 9.68 Å². The van der Waals surface area contributed by atoms with Crippen LogP contribution in [0.1, 0.15) is 17.0 Å². The van der Waals surface area contributed by atoms with E-state index in [-0.39, 0.29) is 5.82 Å². The zero-order valence-electron chi connectivity index (χ0n) is 16.2. The number of hydrogen-bond acceptors (Lipinski definition) is 7. The summed E-state index contributed by atoms with van der Waals surface area (Å²) in [4.78, 5) is 29.3. The Morgan fingerprint density at radius 3 is 2.70 bits per heavy atom. The van der Waals surface area contributed by atoms with Gasteiger partial charge >= 0.3 is 6.09 Å². The van der Waals surface area contributed by atoms with Gasteiger partial charge in [0.05, 0.1) is 30.7 Å². The van der Waals surface area contributed by atoms with Gasteiger partial charge in [0.2, 0.25) is 0 Å². The summed E-state index contributed by atoms with van der Waals surface area (Å²) in [7, 11) is 0. The fourth-order valence-corrected chi connectivity index (χ4v) is 3.16. The van der Waals surface area contributed by atoms with Crippen molar-refractivity contribution < 1.29 is 19.0 Å². The topological polar surface area (TPSA) is 89.5 Å². The molecule has 30 heavy (non-hydrogen) atoms. The van der Waals surface area contributed by atoms with Crippen molar-refractivity contribution in [3.8, 4) is 11.8 Å². The van der Waals surface area contributed by atoms with Crippen molar-refractivity contribution in [3.05, 3.63) is 53.7 Å². The SMILES string of the molecule is Cc1ncc(C#Cc2ccc(N3CCOCC3)cn2)c2cc(NC(=O)OF)ncc12. The molecule has 0 radical (unpaired) electrons. The molecule has 152 valence electrons. The Bertz CT molecular complexity index is 1140. The normalized spacial score (nSPS) is 13.5. The van der Waals surface area contributed by atoms with E-state index in [4.69, 9.17) is 4.74 Å². The molecule has 0 aromatic carbocycles. The summed E-state index contributed by atoms with van der Waals surface area (Å²) in [6.07, 6.45) is 3.75. The second kappa shape index (κ2) is 8.71. The van der Waals surface area contributed by atoms with E-state index in [1.807, 2.05) is 19.1 Å². The first-order valence-corrected chi connectivity index (χ1v) is 9.30. The van der Waals surface area contributed by atoms with Crippen LogP contribution in [0.15, 0.2) is 36.8 Å². The molecule has 0 saturated carbocycles. The van der Waals surface area contributed by atoms with Crippen molar-refractivity contribution in [2.45, 2.75) is 6.92 Å². The maximum Gasteiger partial charge on any atom is 0.450 e. The average Bonchev–Trinajstić information content (AvgIpc) is 2.79. The summed E-state index contributed by atoms with van der Waals surface area (Å²) in [5, 5.41) is 3.70. The molecule has 1 saturated heterocycles. The molecule has 1 amide bonds. The molecule has 0 spiro atoms. The number of hydrogen-bond donors (Lipinski definition) is 1. The van der Waals surface area contributed by atoms with E-state index >= 15 is 0 Å². The van der Waals surface area contributed by atoms with Crippen LogP contribution >= 0.6 is 0 Å². The Kier molecular flexibility index (Phi) is 5.68. The highest BCUT2D eigenvalue weighted by Crippen LogP contribution is 2.22. The third-order valence-electron chi connectivity index (χ3n) is 4.72. The molecular formula is C21H18FN5O3. The number of rotatable bonds is 2. The van der Waals surface area contributed by atoms with Gasteiger partial charge in [-0.25, -0.2) is 19.7 Å². The summed E-state index contributed by atoms with van der Waals surface area (Å²) in [5.74, 6) is 6.25. The van der Waals surface area contributed by atoms with Gasteiger partial charge in [0.15, 0.2) is 0 Å². The largest absolute Gasteiger partial charge is 0.450 e. The zero-order chi connectivity index (χ0) is 20.9. The number of carbonyl (C=O) groups is 1. The number of ether oxygens (including phenoxy) is 1. The summed E-state index contributed by atoms with van der Waals surface area (Å²) >= 11 is 0. The van der Waals surface area contributed by atoms with Gasteiger partial charge in [-0.2, -0.15) is 0 Å². The first kappa shape index (κ1) is 19.5. The van der Waals surface area contributed by atoms with E-state index in [1.54, 1.807) is 24.7 Å². The van der Waals surface area contributed by atoms with Crippen molar-refractivity contribution in [2.75, 3.05) is 36.5 Å². The average molecular weight is 407 g/mol.